The van der Waals surface area contributed by atoms with Crippen LogP contribution in [0.1, 0.15) is 0 Å². The van der Waals surface area contributed by atoms with Crippen LogP contribution in [0, 0.1) is 5.82 Å². The van der Waals surface area contributed by atoms with Gasteiger partial charge in [0.05, 0.1) is 27.8 Å². The lowest BCUT2D eigenvalue weighted by Gasteiger charge is -2.11. The predicted octanol–water partition coefficient (Wildman–Crippen LogP) is 4.50. The molecular weight excluding hydrogens is 393 g/mol. The molecule has 0 saturated carbocycles. The summed E-state index contributed by atoms with van der Waals surface area (Å²) in [5.41, 5.74) is 1.40. The van der Waals surface area contributed by atoms with Gasteiger partial charge in [0.2, 0.25) is 5.91 Å². The Morgan fingerprint density at radius 1 is 1.21 bits per heavy atom. The van der Waals surface area contributed by atoms with Crippen LogP contribution in [0.3, 0.4) is 0 Å². The van der Waals surface area contributed by atoms with Gasteiger partial charge in [-0.1, -0.05) is 24.3 Å². The number of carbonyl (C=O) groups excluding carboxylic acids is 1. The fraction of sp³-hybridized carbons (Fsp3) is 0.0588. The molecular formula is C17H13BrFN3OS. The summed E-state index contributed by atoms with van der Waals surface area (Å²) >= 11 is 4.52. The minimum atomic E-state index is -0.322. The zero-order valence-electron chi connectivity index (χ0n) is 12.4. The summed E-state index contributed by atoms with van der Waals surface area (Å²) < 4.78 is 16.1. The first-order chi connectivity index (χ1) is 11.6. The van der Waals surface area contributed by atoms with Crippen LogP contribution in [-0.2, 0) is 4.79 Å². The third-order valence-electron chi connectivity index (χ3n) is 3.17. The number of para-hydroxylation sites is 2. The molecule has 4 nitrogen and oxygen atoms in total. The molecule has 0 radical (unpaired) electrons. The molecule has 1 amide bonds. The van der Waals surface area contributed by atoms with Crippen molar-refractivity contribution in [2.24, 2.45) is 0 Å². The fourth-order valence-electron chi connectivity index (χ4n) is 2.10. The van der Waals surface area contributed by atoms with Gasteiger partial charge in [-0.2, -0.15) is 5.10 Å². The lowest BCUT2D eigenvalue weighted by atomic mass is 10.2. The summed E-state index contributed by atoms with van der Waals surface area (Å²) in [5.74, 6) is -0.406. The van der Waals surface area contributed by atoms with Crippen molar-refractivity contribution in [3.05, 3.63) is 71.2 Å². The molecule has 0 aliphatic heterocycles. The molecule has 0 spiro atoms. The van der Waals surface area contributed by atoms with Gasteiger partial charge in [0.15, 0.2) is 0 Å². The number of rotatable bonds is 5. The summed E-state index contributed by atoms with van der Waals surface area (Å²) in [5, 5.41) is 7.07. The molecule has 2 aromatic carbocycles. The van der Waals surface area contributed by atoms with E-state index >= 15 is 0 Å². The number of hydrogen-bond acceptors (Lipinski definition) is 3. The zero-order valence-corrected chi connectivity index (χ0v) is 14.8. The van der Waals surface area contributed by atoms with E-state index in [1.165, 1.54) is 6.07 Å². The Labute approximate surface area is 151 Å². The van der Waals surface area contributed by atoms with Crippen molar-refractivity contribution in [2.45, 2.75) is 4.90 Å². The number of hydrogen-bond donors (Lipinski definition) is 1. The minimum absolute atomic E-state index is 0.123. The van der Waals surface area contributed by atoms with Crippen molar-refractivity contribution < 1.29 is 9.18 Å². The van der Waals surface area contributed by atoms with E-state index in [1.807, 2.05) is 18.2 Å². The van der Waals surface area contributed by atoms with Crippen LogP contribution in [0.15, 0.2) is 70.3 Å². The summed E-state index contributed by atoms with van der Waals surface area (Å²) in [7, 11) is 0. The van der Waals surface area contributed by atoms with E-state index in [-0.39, 0.29) is 17.5 Å². The lowest BCUT2D eigenvalue weighted by Crippen LogP contribution is -2.16. The van der Waals surface area contributed by atoms with E-state index in [2.05, 4.69) is 26.3 Å². The summed E-state index contributed by atoms with van der Waals surface area (Å²) in [6, 6.07) is 13.8. The molecule has 122 valence electrons. The van der Waals surface area contributed by atoms with Gasteiger partial charge in [0.1, 0.15) is 5.82 Å². The van der Waals surface area contributed by atoms with Crippen molar-refractivity contribution in [3.63, 3.8) is 0 Å². The van der Waals surface area contributed by atoms with Crippen molar-refractivity contribution in [1.82, 2.24) is 9.78 Å². The molecule has 7 heteroatoms. The van der Waals surface area contributed by atoms with Crippen LogP contribution in [0.25, 0.3) is 5.69 Å². The standard InChI is InChI=1S/C17H13BrFN3OS/c18-12-9-20-22(10-12)15-7-3-2-6-14(15)21-17(23)11-24-16-8-4-1-5-13(16)19/h1-10H,11H2,(H,21,23). The van der Waals surface area contributed by atoms with Crippen molar-refractivity contribution in [3.8, 4) is 5.69 Å². The van der Waals surface area contributed by atoms with Crippen molar-refractivity contribution in [1.29, 1.82) is 0 Å². The first kappa shape index (κ1) is 16.7. The maximum atomic E-state index is 13.6. The summed E-state index contributed by atoms with van der Waals surface area (Å²) in [4.78, 5) is 12.6. The Kier molecular flexibility index (Phi) is 5.32. The van der Waals surface area contributed by atoms with Crippen LogP contribution >= 0.6 is 27.7 Å². The van der Waals surface area contributed by atoms with Crippen molar-refractivity contribution in [2.75, 3.05) is 11.1 Å². The second kappa shape index (κ2) is 7.63. The van der Waals surface area contributed by atoms with Gasteiger partial charge in [0.25, 0.3) is 0 Å². The predicted molar refractivity (Wildman–Crippen MR) is 97.0 cm³/mol. The largest absolute Gasteiger partial charge is 0.323 e. The number of carbonyl (C=O) groups is 1. The van der Waals surface area contributed by atoms with Crippen LogP contribution in [0.2, 0.25) is 0 Å². The van der Waals surface area contributed by atoms with Gasteiger partial charge >= 0.3 is 0 Å². The molecule has 0 aliphatic rings. The summed E-state index contributed by atoms with van der Waals surface area (Å²) in [6.45, 7) is 0. The number of nitrogens with zero attached hydrogens (tertiary/aromatic N) is 2. The Morgan fingerprint density at radius 3 is 2.71 bits per heavy atom. The van der Waals surface area contributed by atoms with E-state index in [0.29, 0.717) is 10.6 Å². The number of aromatic nitrogens is 2. The number of thioether (sulfide) groups is 1. The molecule has 0 aliphatic carbocycles. The van der Waals surface area contributed by atoms with Gasteiger partial charge in [-0.3, -0.25) is 4.79 Å². The van der Waals surface area contributed by atoms with E-state index < -0.39 is 0 Å². The molecule has 3 aromatic rings. The Morgan fingerprint density at radius 2 is 1.96 bits per heavy atom. The highest BCUT2D eigenvalue weighted by Gasteiger charge is 2.10. The zero-order chi connectivity index (χ0) is 16.9. The SMILES string of the molecule is O=C(CSc1ccccc1F)Nc1ccccc1-n1cc(Br)cn1. The van der Waals surface area contributed by atoms with E-state index in [9.17, 15) is 9.18 Å². The van der Waals surface area contributed by atoms with Gasteiger partial charge in [0, 0.05) is 11.1 Å². The topological polar surface area (TPSA) is 46.9 Å². The molecule has 0 bridgehead atoms. The Balaban J connectivity index is 1.70. The van der Waals surface area contributed by atoms with Gasteiger partial charge in [-0.15, -0.1) is 11.8 Å². The highest BCUT2D eigenvalue weighted by molar-refractivity contribution is 9.10. The highest BCUT2D eigenvalue weighted by Crippen LogP contribution is 2.23. The molecule has 0 unspecified atom stereocenters. The molecule has 0 atom stereocenters. The normalized spacial score (nSPS) is 10.6. The monoisotopic (exact) mass is 405 g/mol. The minimum Gasteiger partial charge on any atom is -0.323 e. The maximum absolute atomic E-state index is 13.6. The van der Waals surface area contributed by atoms with Gasteiger partial charge in [-0.25, -0.2) is 9.07 Å². The van der Waals surface area contributed by atoms with Crippen LogP contribution in [0.5, 0.6) is 0 Å². The number of nitrogens with one attached hydrogen (secondary N) is 1. The first-order valence-electron chi connectivity index (χ1n) is 7.10. The average Bonchev–Trinajstić information content (AvgIpc) is 3.01. The maximum Gasteiger partial charge on any atom is 0.234 e. The molecule has 0 fully saturated rings. The molecule has 1 aromatic heterocycles. The van der Waals surface area contributed by atoms with Crippen LogP contribution in [0.4, 0.5) is 10.1 Å². The average molecular weight is 406 g/mol. The Hall–Kier alpha value is -2.12. The third kappa shape index (κ3) is 4.04. The van der Waals surface area contributed by atoms with E-state index in [0.717, 1.165) is 21.9 Å². The molecule has 24 heavy (non-hydrogen) atoms. The number of amides is 1. The molecule has 0 saturated heterocycles. The third-order valence-corrected chi connectivity index (χ3v) is 4.63. The molecule has 1 heterocycles. The Bertz CT molecular complexity index is 868. The van der Waals surface area contributed by atoms with E-state index in [4.69, 9.17) is 0 Å². The van der Waals surface area contributed by atoms with E-state index in [1.54, 1.807) is 41.3 Å². The van der Waals surface area contributed by atoms with Gasteiger partial charge < -0.3 is 5.32 Å². The van der Waals surface area contributed by atoms with Crippen LogP contribution < -0.4 is 5.32 Å². The van der Waals surface area contributed by atoms with Crippen LogP contribution in [-0.4, -0.2) is 21.4 Å². The molecule has 1 N–H and O–H groups in total. The second-order valence-electron chi connectivity index (χ2n) is 4.89. The fourth-order valence-corrected chi connectivity index (χ4v) is 3.13. The molecule has 3 rings (SSSR count). The van der Waals surface area contributed by atoms with Crippen molar-refractivity contribution >= 4 is 39.3 Å². The first-order valence-corrected chi connectivity index (χ1v) is 8.88. The smallest absolute Gasteiger partial charge is 0.234 e. The number of anilines is 1. The summed E-state index contributed by atoms with van der Waals surface area (Å²) in [6.07, 6.45) is 3.48. The second-order valence-corrected chi connectivity index (χ2v) is 6.82. The van der Waals surface area contributed by atoms with Gasteiger partial charge in [-0.05, 0) is 40.2 Å². The number of benzene rings is 2. The highest BCUT2D eigenvalue weighted by atomic mass is 79.9. The lowest BCUT2D eigenvalue weighted by molar-refractivity contribution is -0.113. The quantitative estimate of drug-likeness (QED) is 0.635. The number of halogens is 2.